The van der Waals surface area contributed by atoms with Crippen molar-refractivity contribution in [2.75, 3.05) is 0 Å². The number of amides is 1. The summed E-state index contributed by atoms with van der Waals surface area (Å²) >= 11 is 3.21. The fourth-order valence-electron chi connectivity index (χ4n) is 2.43. The molecule has 0 spiro atoms. The Morgan fingerprint density at radius 2 is 2.08 bits per heavy atom. The number of hydrogen-bond donors (Lipinski definition) is 1. The highest BCUT2D eigenvalue weighted by Gasteiger charge is 2.11. The quantitative estimate of drug-likeness (QED) is 0.671. The molecule has 0 atom stereocenters. The van der Waals surface area contributed by atoms with Gasteiger partial charge < -0.3 is 5.32 Å². The number of benzene rings is 1. The van der Waals surface area contributed by atoms with E-state index < -0.39 is 0 Å². The first-order valence-corrected chi connectivity index (χ1v) is 8.96. The van der Waals surface area contributed by atoms with Crippen molar-refractivity contribution in [3.63, 3.8) is 0 Å². The molecule has 1 N–H and O–H groups in total. The first kappa shape index (κ1) is 18.3. The van der Waals surface area contributed by atoms with Gasteiger partial charge in [0.2, 0.25) is 0 Å². The van der Waals surface area contributed by atoms with E-state index in [2.05, 4.69) is 31.3 Å². The lowest BCUT2D eigenvalue weighted by Crippen LogP contribution is -2.24. The molecule has 26 heavy (non-hydrogen) atoms. The second-order valence-electron chi connectivity index (χ2n) is 6.15. The summed E-state index contributed by atoms with van der Waals surface area (Å²) in [7, 11) is 0. The topological polar surface area (TPSA) is 59.8 Å². The molecule has 0 aliphatic carbocycles. The average Bonchev–Trinajstić information content (AvgIpc) is 3.11. The SMILES string of the molecule is CC(C)n1cc(-c2ccnc(C(=O)NCc3ccc(Br)cc3F)c2)cn1. The predicted molar refractivity (Wildman–Crippen MR) is 101 cm³/mol. The van der Waals surface area contributed by atoms with Crippen molar-refractivity contribution < 1.29 is 9.18 Å². The van der Waals surface area contributed by atoms with Crippen LogP contribution in [0.2, 0.25) is 0 Å². The summed E-state index contributed by atoms with van der Waals surface area (Å²) in [5.74, 6) is -0.729. The van der Waals surface area contributed by atoms with E-state index in [1.54, 1.807) is 30.6 Å². The van der Waals surface area contributed by atoms with Gasteiger partial charge in [-0.25, -0.2) is 4.39 Å². The zero-order valence-corrected chi connectivity index (χ0v) is 16.0. The lowest BCUT2D eigenvalue weighted by atomic mass is 10.1. The Kier molecular flexibility index (Phi) is 5.46. The molecular formula is C19H18BrFN4O. The Morgan fingerprint density at radius 3 is 2.77 bits per heavy atom. The van der Waals surface area contributed by atoms with Gasteiger partial charge in [0.05, 0.1) is 6.20 Å². The molecule has 3 rings (SSSR count). The predicted octanol–water partition coefficient (Wildman–Crippen LogP) is 4.36. The van der Waals surface area contributed by atoms with E-state index in [-0.39, 0.29) is 30.0 Å². The molecule has 3 aromatic rings. The van der Waals surface area contributed by atoms with Gasteiger partial charge >= 0.3 is 0 Å². The summed E-state index contributed by atoms with van der Waals surface area (Å²) in [5, 5.41) is 7.01. The van der Waals surface area contributed by atoms with Crippen LogP contribution < -0.4 is 5.32 Å². The first-order valence-electron chi connectivity index (χ1n) is 8.17. The van der Waals surface area contributed by atoms with Crippen molar-refractivity contribution in [1.29, 1.82) is 0 Å². The molecule has 7 heteroatoms. The minimum atomic E-state index is -0.373. The van der Waals surface area contributed by atoms with Gasteiger partial charge in [-0.3, -0.25) is 14.5 Å². The van der Waals surface area contributed by atoms with Crippen LogP contribution in [0, 0.1) is 5.82 Å². The van der Waals surface area contributed by atoms with Crippen molar-refractivity contribution in [3.05, 3.63) is 70.5 Å². The van der Waals surface area contributed by atoms with Gasteiger partial charge in [0.1, 0.15) is 11.5 Å². The summed E-state index contributed by atoms with van der Waals surface area (Å²) in [5.41, 5.74) is 2.45. The van der Waals surface area contributed by atoms with E-state index in [1.165, 1.54) is 6.07 Å². The maximum Gasteiger partial charge on any atom is 0.270 e. The number of hydrogen-bond acceptors (Lipinski definition) is 3. The Hall–Kier alpha value is -2.54. The molecule has 0 bridgehead atoms. The third kappa shape index (κ3) is 4.16. The zero-order chi connectivity index (χ0) is 18.7. The molecule has 0 unspecified atom stereocenters. The zero-order valence-electron chi connectivity index (χ0n) is 14.4. The number of nitrogens with one attached hydrogen (secondary N) is 1. The van der Waals surface area contributed by atoms with Crippen LogP contribution in [0.4, 0.5) is 4.39 Å². The number of pyridine rings is 1. The van der Waals surface area contributed by atoms with Crippen LogP contribution in [0.3, 0.4) is 0 Å². The lowest BCUT2D eigenvalue weighted by molar-refractivity contribution is 0.0945. The summed E-state index contributed by atoms with van der Waals surface area (Å²) in [6.07, 6.45) is 5.27. The molecule has 0 fully saturated rings. The van der Waals surface area contributed by atoms with E-state index in [1.807, 2.05) is 30.8 Å². The van der Waals surface area contributed by atoms with Gasteiger partial charge in [-0.1, -0.05) is 22.0 Å². The van der Waals surface area contributed by atoms with Crippen LogP contribution in [-0.2, 0) is 6.54 Å². The molecule has 2 heterocycles. The van der Waals surface area contributed by atoms with Gasteiger partial charge in [0, 0.05) is 40.6 Å². The van der Waals surface area contributed by atoms with Crippen molar-refractivity contribution in [1.82, 2.24) is 20.1 Å². The smallest absolute Gasteiger partial charge is 0.270 e. The third-order valence-corrected chi connectivity index (χ3v) is 4.40. The maximum atomic E-state index is 13.9. The van der Waals surface area contributed by atoms with Crippen LogP contribution in [0.1, 0.15) is 35.9 Å². The summed E-state index contributed by atoms with van der Waals surface area (Å²) in [4.78, 5) is 16.5. The van der Waals surface area contributed by atoms with Crippen molar-refractivity contribution in [3.8, 4) is 11.1 Å². The minimum absolute atomic E-state index is 0.0924. The van der Waals surface area contributed by atoms with Crippen LogP contribution in [0.5, 0.6) is 0 Å². The standard InChI is InChI=1S/C19H18BrFN4O/c1-12(2)25-11-15(10-24-25)13-5-6-22-18(7-13)19(26)23-9-14-3-4-16(20)8-17(14)21/h3-8,10-12H,9H2,1-2H3,(H,23,26). The van der Waals surface area contributed by atoms with E-state index in [0.717, 1.165) is 11.1 Å². The highest BCUT2D eigenvalue weighted by Crippen LogP contribution is 2.20. The van der Waals surface area contributed by atoms with Crippen molar-refractivity contribution >= 4 is 21.8 Å². The van der Waals surface area contributed by atoms with E-state index in [9.17, 15) is 9.18 Å². The number of rotatable bonds is 5. The van der Waals surface area contributed by atoms with E-state index in [4.69, 9.17) is 0 Å². The normalized spacial score (nSPS) is 11.0. The summed E-state index contributed by atoms with van der Waals surface area (Å²) in [6, 6.07) is 8.52. The van der Waals surface area contributed by atoms with Crippen molar-refractivity contribution in [2.24, 2.45) is 0 Å². The van der Waals surface area contributed by atoms with Gasteiger partial charge in [-0.05, 0) is 43.7 Å². The number of carbonyl (C=O) groups excluding carboxylic acids is 1. The van der Waals surface area contributed by atoms with Crippen LogP contribution in [0.25, 0.3) is 11.1 Å². The molecule has 0 aliphatic rings. The Labute approximate surface area is 159 Å². The van der Waals surface area contributed by atoms with Gasteiger partial charge in [0.15, 0.2) is 0 Å². The molecule has 1 aromatic carbocycles. The molecule has 0 saturated carbocycles. The molecule has 0 aliphatic heterocycles. The number of aromatic nitrogens is 3. The number of halogens is 2. The lowest BCUT2D eigenvalue weighted by Gasteiger charge is -2.07. The highest BCUT2D eigenvalue weighted by molar-refractivity contribution is 9.10. The molecule has 2 aromatic heterocycles. The fourth-order valence-corrected chi connectivity index (χ4v) is 2.77. The Balaban J connectivity index is 1.73. The van der Waals surface area contributed by atoms with E-state index in [0.29, 0.717) is 10.0 Å². The molecule has 5 nitrogen and oxygen atoms in total. The second-order valence-corrected chi connectivity index (χ2v) is 7.07. The third-order valence-electron chi connectivity index (χ3n) is 3.91. The monoisotopic (exact) mass is 416 g/mol. The summed E-state index contributed by atoms with van der Waals surface area (Å²) < 4.78 is 16.4. The largest absolute Gasteiger partial charge is 0.347 e. The second kappa shape index (κ2) is 7.78. The summed E-state index contributed by atoms with van der Waals surface area (Å²) in [6.45, 7) is 4.18. The fraction of sp³-hybridized carbons (Fsp3) is 0.211. The molecule has 134 valence electrons. The number of carbonyl (C=O) groups is 1. The maximum absolute atomic E-state index is 13.9. The van der Waals surface area contributed by atoms with Crippen LogP contribution >= 0.6 is 15.9 Å². The molecular weight excluding hydrogens is 399 g/mol. The van der Waals surface area contributed by atoms with Crippen molar-refractivity contribution in [2.45, 2.75) is 26.4 Å². The number of nitrogens with zero attached hydrogens (tertiary/aromatic N) is 3. The minimum Gasteiger partial charge on any atom is -0.347 e. The molecule has 0 saturated heterocycles. The Bertz CT molecular complexity index is 939. The first-order chi connectivity index (χ1) is 12.4. The van der Waals surface area contributed by atoms with Gasteiger partial charge in [0.25, 0.3) is 5.91 Å². The Morgan fingerprint density at radius 1 is 1.27 bits per heavy atom. The van der Waals surface area contributed by atoms with Crippen LogP contribution in [0.15, 0.2) is 53.4 Å². The van der Waals surface area contributed by atoms with Crippen LogP contribution in [-0.4, -0.2) is 20.7 Å². The highest BCUT2D eigenvalue weighted by atomic mass is 79.9. The molecule has 0 radical (unpaired) electrons. The average molecular weight is 417 g/mol. The van der Waals surface area contributed by atoms with E-state index >= 15 is 0 Å². The van der Waals surface area contributed by atoms with Gasteiger partial charge in [-0.15, -0.1) is 0 Å². The molecule has 1 amide bonds. The van der Waals surface area contributed by atoms with Gasteiger partial charge in [-0.2, -0.15) is 5.10 Å².